The molecule has 1 aliphatic rings. The summed E-state index contributed by atoms with van der Waals surface area (Å²) in [6.07, 6.45) is -5.00. The van der Waals surface area contributed by atoms with Crippen molar-refractivity contribution < 1.29 is 39.5 Å². The molecule has 1 saturated carbocycles. The number of hydrogen-bond acceptors (Lipinski definition) is 8. The van der Waals surface area contributed by atoms with Gasteiger partial charge < -0.3 is 25.2 Å². The standard InChI is InChI=1S/C14H20O8/c1-2-22-14(13(21)11(19)9(17)7-15)10(18)6-4-3-5-8(16)12(14)20/h2,9,11,13,15,17,19,21H,1,3-7H2/t9-,11-,13+,14+/m1/s1. The first kappa shape index (κ1) is 18.4. The third-order valence-corrected chi connectivity index (χ3v) is 3.65. The Morgan fingerprint density at radius 1 is 1.18 bits per heavy atom. The fourth-order valence-corrected chi connectivity index (χ4v) is 2.38. The highest BCUT2D eigenvalue weighted by atomic mass is 16.5. The minimum atomic E-state index is -2.66. The summed E-state index contributed by atoms with van der Waals surface area (Å²) >= 11 is 0. The molecule has 8 heteroatoms. The Bertz CT molecular complexity index is 460. The fourth-order valence-electron chi connectivity index (χ4n) is 2.38. The number of ether oxygens (including phenoxy) is 1. The van der Waals surface area contributed by atoms with Gasteiger partial charge in [0.25, 0.3) is 11.4 Å². The molecule has 0 amide bonds. The Hall–Kier alpha value is -1.61. The second-order valence-corrected chi connectivity index (χ2v) is 5.09. The van der Waals surface area contributed by atoms with E-state index in [4.69, 9.17) is 9.84 Å². The summed E-state index contributed by atoms with van der Waals surface area (Å²) < 4.78 is 4.92. The molecule has 0 radical (unpaired) electrons. The average molecular weight is 316 g/mol. The first-order valence-electron chi connectivity index (χ1n) is 6.87. The van der Waals surface area contributed by atoms with Crippen LogP contribution in [0, 0.1) is 0 Å². The van der Waals surface area contributed by atoms with E-state index in [2.05, 4.69) is 6.58 Å². The average Bonchev–Trinajstić information content (AvgIpc) is 2.52. The normalized spacial score (nSPS) is 27.5. The van der Waals surface area contributed by atoms with Crippen molar-refractivity contribution in [3.63, 3.8) is 0 Å². The topological polar surface area (TPSA) is 141 Å². The summed E-state index contributed by atoms with van der Waals surface area (Å²) in [5.74, 6) is -3.10. The summed E-state index contributed by atoms with van der Waals surface area (Å²) in [6, 6.07) is 0. The van der Waals surface area contributed by atoms with Gasteiger partial charge in [0.1, 0.15) is 18.3 Å². The predicted molar refractivity (Wildman–Crippen MR) is 72.6 cm³/mol. The largest absolute Gasteiger partial charge is 0.476 e. The van der Waals surface area contributed by atoms with Crippen LogP contribution in [0.4, 0.5) is 0 Å². The van der Waals surface area contributed by atoms with Crippen molar-refractivity contribution in [2.45, 2.75) is 49.6 Å². The second-order valence-electron chi connectivity index (χ2n) is 5.09. The van der Waals surface area contributed by atoms with Crippen LogP contribution in [0.3, 0.4) is 0 Å². The van der Waals surface area contributed by atoms with Crippen LogP contribution >= 0.6 is 0 Å². The van der Waals surface area contributed by atoms with Gasteiger partial charge in [0.05, 0.1) is 12.9 Å². The van der Waals surface area contributed by atoms with Gasteiger partial charge in [0.15, 0.2) is 5.78 Å². The van der Waals surface area contributed by atoms with Crippen molar-refractivity contribution >= 4 is 17.3 Å². The number of rotatable bonds is 6. The van der Waals surface area contributed by atoms with Crippen LogP contribution < -0.4 is 0 Å². The van der Waals surface area contributed by atoms with E-state index < -0.39 is 47.9 Å². The Labute approximate surface area is 127 Å². The first-order chi connectivity index (χ1) is 10.3. The molecule has 1 fully saturated rings. The molecule has 1 aliphatic carbocycles. The first-order valence-corrected chi connectivity index (χ1v) is 6.87. The molecule has 124 valence electrons. The summed E-state index contributed by atoms with van der Waals surface area (Å²) in [6.45, 7) is 2.29. The van der Waals surface area contributed by atoms with E-state index >= 15 is 0 Å². The van der Waals surface area contributed by atoms with E-state index in [0.717, 1.165) is 0 Å². The lowest BCUT2D eigenvalue weighted by Gasteiger charge is -2.37. The van der Waals surface area contributed by atoms with Crippen molar-refractivity contribution in [3.05, 3.63) is 12.8 Å². The lowest BCUT2D eigenvalue weighted by molar-refractivity contribution is -0.184. The van der Waals surface area contributed by atoms with Crippen LogP contribution in [-0.2, 0) is 19.1 Å². The molecule has 0 aromatic heterocycles. The van der Waals surface area contributed by atoms with Gasteiger partial charge in [-0.15, -0.1) is 0 Å². The molecule has 0 bridgehead atoms. The number of Topliss-reactive ketones (excluding diaryl/α,β-unsaturated/α-hetero) is 3. The van der Waals surface area contributed by atoms with Crippen molar-refractivity contribution in [2.75, 3.05) is 6.61 Å². The van der Waals surface area contributed by atoms with Crippen LogP contribution in [0.2, 0.25) is 0 Å². The number of hydrogen-bond donors (Lipinski definition) is 4. The molecule has 0 saturated heterocycles. The minimum absolute atomic E-state index is 0.111. The van der Waals surface area contributed by atoms with Crippen LogP contribution in [0.1, 0.15) is 25.7 Å². The zero-order valence-electron chi connectivity index (χ0n) is 12.0. The molecule has 4 atom stereocenters. The third-order valence-electron chi connectivity index (χ3n) is 3.65. The smallest absolute Gasteiger partial charge is 0.259 e. The van der Waals surface area contributed by atoms with Gasteiger partial charge in [-0.3, -0.25) is 14.4 Å². The number of carbonyl (C=O) groups excluding carboxylic acids is 3. The molecule has 8 nitrogen and oxygen atoms in total. The monoisotopic (exact) mass is 316 g/mol. The Morgan fingerprint density at radius 2 is 1.77 bits per heavy atom. The highest BCUT2D eigenvalue weighted by molar-refractivity contribution is 6.45. The van der Waals surface area contributed by atoms with Gasteiger partial charge in [-0.25, -0.2) is 0 Å². The van der Waals surface area contributed by atoms with Crippen LogP contribution in [-0.4, -0.2) is 68.3 Å². The van der Waals surface area contributed by atoms with E-state index in [-0.39, 0.29) is 12.8 Å². The van der Waals surface area contributed by atoms with Crippen LogP contribution in [0.5, 0.6) is 0 Å². The van der Waals surface area contributed by atoms with Crippen molar-refractivity contribution in [1.29, 1.82) is 0 Å². The van der Waals surface area contributed by atoms with Gasteiger partial charge >= 0.3 is 0 Å². The summed E-state index contributed by atoms with van der Waals surface area (Å²) in [7, 11) is 0. The van der Waals surface area contributed by atoms with Gasteiger partial charge in [-0.05, 0) is 12.8 Å². The van der Waals surface area contributed by atoms with Crippen molar-refractivity contribution in [2.24, 2.45) is 0 Å². The zero-order chi connectivity index (χ0) is 16.9. The lowest BCUT2D eigenvalue weighted by Crippen LogP contribution is -2.65. The van der Waals surface area contributed by atoms with E-state index in [0.29, 0.717) is 19.1 Å². The second kappa shape index (κ2) is 7.59. The molecule has 1 rings (SSSR count). The minimum Gasteiger partial charge on any atom is -0.476 e. The molecule has 22 heavy (non-hydrogen) atoms. The molecule has 4 N–H and O–H groups in total. The summed E-state index contributed by atoms with van der Waals surface area (Å²) in [5, 5.41) is 38.3. The Morgan fingerprint density at radius 3 is 2.32 bits per heavy atom. The van der Waals surface area contributed by atoms with Crippen molar-refractivity contribution in [1.82, 2.24) is 0 Å². The van der Waals surface area contributed by atoms with Gasteiger partial charge in [0.2, 0.25) is 5.78 Å². The molecule has 0 heterocycles. The number of carbonyl (C=O) groups is 3. The summed E-state index contributed by atoms with van der Waals surface area (Å²) in [4.78, 5) is 36.5. The lowest BCUT2D eigenvalue weighted by atomic mass is 9.77. The maximum atomic E-state index is 12.3. The van der Waals surface area contributed by atoms with E-state index in [1.807, 2.05) is 0 Å². The number of aliphatic hydroxyl groups is 4. The number of aliphatic hydroxyl groups excluding tert-OH is 4. The van der Waals surface area contributed by atoms with E-state index in [1.165, 1.54) is 0 Å². The zero-order valence-corrected chi connectivity index (χ0v) is 12.0. The maximum absolute atomic E-state index is 12.3. The molecule has 0 aliphatic heterocycles. The van der Waals surface area contributed by atoms with Crippen LogP contribution in [0.25, 0.3) is 0 Å². The van der Waals surface area contributed by atoms with Gasteiger partial charge in [-0.2, -0.15) is 0 Å². The molecular formula is C14H20O8. The molecular weight excluding hydrogens is 296 g/mol. The SMILES string of the molecule is C=CO[C@@]1([C@@H](O)[C@H](O)[C@H](O)CO)C(=O)CCCCC(=O)C1=O. The molecule has 0 aromatic rings. The Balaban J connectivity index is 3.33. The molecule has 0 spiro atoms. The Kier molecular flexibility index (Phi) is 6.36. The van der Waals surface area contributed by atoms with Crippen LogP contribution in [0.15, 0.2) is 12.8 Å². The van der Waals surface area contributed by atoms with Gasteiger partial charge in [-0.1, -0.05) is 6.58 Å². The maximum Gasteiger partial charge on any atom is 0.259 e. The van der Waals surface area contributed by atoms with E-state index in [1.54, 1.807) is 0 Å². The van der Waals surface area contributed by atoms with Gasteiger partial charge in [0, 0.05) is 12.8 Å². The fraction of sp³-hybridized carbons (Fsp3) is 0.643. The molecule has 0 aromatic carbocycles. The summed E-state index contributed by atoms with van der Waals surface area (Å²) in [5.41, 5.74) is -2.66. The van der Waals surface area contributed by atoms with E-state index in [9.17, 15) is 29.7 Å². The predicted octanol–water partition coefficient (Wildman–Crippen LogP) is -1.76. The molecule has 0 unspecified atom stereocenters. The van der Waals surface area contributed by atoms with Crippen molar-refractivity contribution in [3.8, 4) is 0 Å². The highest BCUT2D eigenvalue weighted by Gasteiger charge is 2.58. The third kappa shape index (κ3) is 3.25. The number of ketones is 3. The quantitative estimate of drug-likeness (QED) is 0.256. The highest BCUT2D eigenvalue weighted by Crippen LogP contribution is 2.29.